The molecule has 0 saturated carbocycles. The monoisotopic (exact) mass is 344 g/mol. The summed E-state index contributed by atoms with van der Waals surface area (Å²) in [5.74, 6) is 1.62. The van der Waals surface area contributed by atoms with E-state index in [0.29, 0.717) is 24.0 Å². The molecule has 132 valence electrons. The molecule has 0 aliphatic rings. The molecule has 0 amide bonds. The molecule has 0 unspecified atom stereocenters. The van der Waals surface area contributed by atoms with Crippen LogP contribution in [0.4, 0.5) is 5.82 Å². The highest BCUT2D eigenvalue weighted by Crippen LogP contribution is 2.23. The minimum atomic E-state index is 0.458. The summed E-state index contributed by atoms with van der Waals surface area (Å²) >= 11 is 0. The summed E-state index contributed by atoms with van der Waals surface area (Å²) in [5, 5.41) is 0. The Morgan fingerprint density at radius 2 is 1.65 bits per heavy atom. The number of aliphatic imine (C=N–C) groups is 1. The first-order chi connectivity index (χ1) is 12.6. The summed E-state index contributed by atoms with van der Waals surface area (Å²) in [6, 6.07) is 20.2. The Hall–Kier alpha value is -3.01. The second-order valence-electron chi connectivity index (χ2n) is 6.76. The van der Waals surface area contributed by atoms with Gasteiger partial charge in [-0.15, -0.1) is 0 Å². The third kappa shape index (κ3) is 4.76. The molecule has 0 spiro atoms. The lowest BCUT2D eigenvalue weighted by Gasteiger charge is -2.10. The largest absolute Gasteiger partial charge is 0.387 e. The zero-order valence-electron chi connectivity index (χ0n) is 15.3. The predicted octanol–water partition coefficient (Wildman–Crippen LogP) is 4.57. The highest BCUT2D eigenvalue weighted by atomic mass is 15.0. The molecule has 2 aromatic carbocycles. The average molecular weight is 344 g/mol. The van der Waals surface area contributed by atoms with Gasteiger partial charge in [0.05, 0.1) is 17.6 Å². The van der Waals surface area contributed by atoms with Gasteiger partial charge in [-0.1, -0.05) is 74.5 Å². The van der Waals surface area contributed by atoms with E-state index in [1.807, 2.05) is 60.7 Å². The number of nitrogens with zero attached hydrogens (tertiary/aromatic N) is 3. The molecule has 0 saturated heterocycles. The molecule has 3 rings (SSSR count). The van der Waals surface area contributed by atoms with Crippen LogP contribution in [0.2, 0.25) is 0 Å². The number of benzene rings is 2. The second kappa shape index (κ2) is 8.39. The summed E-state index contributed by atoms with van der Waals surface area (Å²) in [6.45, 7) is 4.33. The van der Waals surface area contributed by atoms with Gasteiger partial charge in [0.15, 0.2) is 5.82 Å². The summed E-state index contributed by atoms with van der Waals surface area (Å²) in [4.78, 5) is 13.9. The number of rotatable bonds is 6. The van der Waals surface area contributed by atoms with Crippen molar-refractivity contribution in [1.82, 2.24) is 9.97 Å². The Morgan fingerprint density at radius 3 is 2.31 bits per heavy atom. The van der Waals surface area contributed by atoms with Crippen molar-refractivity contribution in [2.75, 3.05) is 0 Å². The lowest BCUT2D eigenvalue weighted by Crippen LogP contribution is -2.15. The molecule has 0 fully saturated rings. The summed E-state index contributed by atoms with van der Waals surface area (Å²) in [7, 11) is 0. The SMILES string of the molecule is CC(C)Cc1nc(-c2ccccc2)cnc1N=C(N)Cc1ccccc1. The number of amidine groups is 1. The molecule has 3 aromatic rings. The van der Waals surface area contributed by atoms with Crippen molar-refractivity contribution in [2.45, 2.75) is 26.7 Å². The zero-order chi connectivity index (χ0) is 18.4. The molecule has 2 N–H and O–H groups in total. The number of nitrogens with two attached hydrogens (primary N) is 1. The molecule has 4 nitrogen and oxygen atoms in total. The number of hydrogen-bond acceptors (Lipinski definition) is 3. The van der Waals surface area contributed by atoms with Crippen LogP contribution in [0.25, 0.3) is 11.3 Å². The Labute approximate surface area is 154 Å². The molecule has 4 heteroatoms. The van der Waals surface area contributed by atoms with E-state index in [1.54, 1.807) is 6.20 Å². The summed E-state index contributed by atoms with van der Waals surface area (Å²) in [6.07, 6.45) is 3.18. The van der Waals surface area contributed by atoms with Gasteiger partial charge in [0.1, 0.15) is 5.84 Å². The molecular weight excluding hydrogens is 320 g/mol. The van der Waals surface area contributed by atoms with E-state index < -0.39 is 0 Å². The zero-order valence-corrected chi connectivity index (χ0v) is 15.3. The Bertz CT molecular complexity index is 871. The van der Waals surface area contributed by atoms with Crippen LogP contribution in [-0.2, 0) is 12.8 Å². The van der Waals surface area contributed by atoms with Gasteiger partial charge in [0.2, 0.25) is 0 Å². The van der Waals surface area contributed by atoms with Crippen LogP contribution in [0.1, 0.15) is 25.1 Å². The molecule has 0 bridgehead atoms. The quantitative estimate of drug-likeness (QED) is 0.526. The standard InChI is InChI=1S/C22H24N4/c1-16(2)13-19-22(26-21(23)14-17-9-5-3-6-10-17)24-15-20(25-19)18-11-7-4-8-12-18/h3-12,15-16H,13-14H2,1-2H3,(H2,23,24,26). The van der Waals surface area contributed by atoms with Crippen LogP contribution in [0, 0.1) is 5.92 Å². The predicted molar refractivity (Wildman–Crippen MR) is 107 cm³/mol. The highest BCUT2D eigenvalue weighted by molar-refractivity contribution is 5.85. The maximum atomic E-state index is 6.17. The van der Waals surface area contributed by atoms with Crippen molar-refractivity contribution in [2.24, 2.45) is 16.6 Å². The molecule has 26 heavy (non-hydrogen) atoms. The molecule has 0 radical (unpaired) electrons. The maximum absolute atomic E-state index is 6.17. The van der Waals surface area contributed by atoms with Gasteiger partial charge in [-0.05, 0) is 17.9 Å². The van der Waals surface area contributed by atoms with Crippen LogP contribution in [0.15, 0.2) is 71.9 Å². The second-order valence-corrected chi connectivity index (χ2v) is 6.76. The molecular formula is C22H24N4. The third-order valence-electron chi connectivity index (χ3n) is 3.97. The van der Waals surface area contributed by atoms with E-state index in [1.165, 1.54) is 0 Å². The van der Waals surface area contributed by atoms with E-state index >= 15 is 0 Å². The van der Waals surface area contributed by atoms with Gasteiger partial charge >= 0.3 is 0 Å². The number of hydrogen-bond donors (Lipinski definition) is 1. The smallest absolute Gasteiger partial charge is 0.175 e. The first-order valence-corrected chi connectivity index (χ1v) is 8.90. The van der Waals surface area contributed by atoms with Crippen LogP contribution in [0.3, 0.4) is 0 Å². The normalized spacial score (nSPS) is 11.7. The minimum absolute atomic E-state index is 0.458. The van der Waals surface area contributed by atoms with Gasteiger partial charge in [-0.25, -0.2) is 15.0 Å². The van der Waals surface area contributed by atoms with Gasteiger partial charge in [-0.2, -0.15) is 0 Å². The van der Waals surface area contributed by atoms with Crippen molar-refractivity contribution in [3.8, 4) is 11.3 Å². The number of aromatic nitrogens is 2. The van der Waals surface area contributed by atoms with Crippen LogP contribution < -0.4 is 5.73 Å². The Balaban J connectivity index is 1.91. The van der Waals surface area contributed by atoms with Crippen molar-refractivity contribution >= 4 is 11.7 Å². The van der Waals surface area contributed by atoms with E-state index in [4.69, 9.17) is 10.7 Å². The van der Waals surface area contributed by atoms with Gasteiger partial charge in [0.25, 0.3) is 0 Å². The Kier molecular flexibility index (Phi) is 5.74. The fraction of sp³-hybridized carbons (Fsp3) is 0.227. The van der Waals surface area contributed by atoms with E-state index in [9.17, 15) is 0 Å². The molecule has 0 atom stereocenters. The third-order valence-corrected chi connectivity index (χ3v) is 3.97. The molecule has 1 heterocycles. The molecule has 0 aliphatic carbocycles. The van der Waals surface area contributed by atoms with Crippen LogP contribution in [-0.4, -0.2) is 15.8 Å². The average Bonchev–Trinajstić information content (AvgIpc) is 2.64. The van der Waals surface area contributed by atoms with E-state index in [0.717, 1.165) is 28.9 Å². The van der Waals surface area contributed by atoms with Crippen molar-refractivity contribution in [3.05, 3.63) is 78.1 Å². The highest BCUT2D eigenvalue weighted by Gasteiger charge is 2.11. The Morgan fingerprint density at radius 1 is 1.00 bits per heavy atom. The van der Waals surface area contributed by atoms with Gasteiger partial charge in [-0.3, -0.25) is 0 Å². The van der Waals surface area contributed by atoms with Gasteiger partial charge in [0, 0.05) is 12.0 Å². The fourth-order valence-electron chi connectivity index (χ4n) is 2.77. The van der Waals surface area contributed by atoms with E-state index in [2.05, 4.69) is 23.8 Å². The first kappa shape index (κ1) is 17.8. The van der Waals surface area contributed by atoms with Crippen LogP contribution in [0.5, 0.6) is 0 Å². The molecule has 1 aromatic heterocycles. The van der Waals surface area contributed by atoms with Crippen molar-refractivity contribution in [3.63, 3.8) is 0 Å². The lowest BCUT2D eigenvalue weighted by atomic mass is 10.1. The fourth-order valence-corrected chi connectivity index (χ4v) is 2.77. The van der Waals surface area contributed by atoms with Crippen LogP contribution >= 0.6 is 0 Å². The summed E-state index contributed by atoms with van der Waals surface area (Å²) < 4.78 is 0. The minimum Gasteiger partial charge on any atom is -0.387 e. The summed E-state index contributed by atoms with van der Waals surface area (Å²) in [5.41, 5.74) is 10.1. The topological polar surface area (TPSA) is 64.2 Å². The van der Waals surface area contributed by atoms with E-state index in [-0.39, 0.29) is 0 Å². The maximum Gasteiger partial charge on any atom is 0.175 e. The van der Waals surface area contributed by atoms with Crippen molar-refractivity contribution in [1.29, 1.82) is 0 Å². The van der Waals surface area contributed by atoms with Crippen molar-refractivity contribution < 1.29 is 0 Å². The molecule has 0 aliphatic heterocycles. The first-order valence-electron chi connectivity index (χ1n) is 8.90. The lowest BCUT2D eigenvalue weighted by molar-refractivity contribution is 0.634. The van der Waals surface area contributed by atoms with Gasteiger partial charge < -0.3 is 5.73 Å².